The normalized spacial score (nSPS) is 11.1. The SMILES string of the molecule is O=C(Nc1cc(C(F)(F)F)ccc1Oc1ccccc1)c1ccc(F)cc1. The molecule has 1 amide bonds. The van der Waals surface area contributed by atoms with Gasteiger partial charge in [-0.15, -0.1) is 0 Å². The van der Waals surface area contributed by atoms with Crippen LogP contribution < -0.4 is 10.1 Å². The minimum Gasteiger partial charge on any atom is -0.455 e. The molecule has 0 fully saturated rings. The first kappa shape index (κ1) is 18.4. The summed E-state index contributed by atoms with van der Waals surface area (Å²) in [5.41, 5.74) is -0.986. The Balaban J connectivity index is 1.94. The quantitative estimate of drug-likeness (QED) is 0.578. The average Bonchev–Trinajstić information content (AvgIpc) is 2.63. The molecule has 3 aromatic rings. The topological polar surface area (TPSA) is 38.3 Å². The van der Waals surface area contributed by atoms with Crippen LogP contribution in [0, 0.1) is 5.82 Å². The van der Waals surface area contributed by atoms with Crippen molar-refractivity contribution in [1.82, 2.24) is 0 Å². The molecule has 0 saturated carbocycles. The summed E-state index contributed by atoms with van der Waals surface area (Å²) in [7, 11) is 0. The second kappa shape index (κ2) is 7.49. The van der Waals surface area contributed by atoms with Crippen LogP contribution in [0.25, 0.3) is 0 Å². The zero-order valence-corrected chi connectivity index (χ0v) is 13.8. The summed E-state index contributed by atoms with van der Waals surface area (Å²) in [6.45, 7) is 0. The Morgan fingerprint density at radius 1 is 0.889 bits per heavy atom. The molecular formula is C20H13F4NO2. The van der Waals surface area contributed by atoms with Gasteiger partial charge in [0, 0.05) is 5.56 Å². The van der Waals surface area contributed by atoms with E-state index in [2.05, 4.69) is 5.32 Å². The highest BCUT2D eigenvalue weighted by atomic mass is 19.4. The average molecular weight is 375 g/mol. The van der Waals surface area contributed by atoms with E-state index in [0.29, 0.717) is 5.75 Å². The van der Waals surface area contributed by atoms with Gasteiger partial charge in [0.15, 0.2) is 5.75 Å². The Morgan fingerprint density at radius 3 is 2.19 bits per heavy atom. The molecule has 1 N–H and O–H groups in total. The molecule has 0 bridgehead atoms. The first-order chi connectivity index (χ1) is 12.8. The molecule has 0 spiro atoms. The fraction of sp³-hybridized carbons (Fsp3) is 0.0500. The van der Waals surface area contributed by atoms with Gasteiger partial charge < -0.3 is 10.1 Å². The largest absolute Gasteiger partial charge is 0.455 e. The highest BCUT2D eigenvalue weighted by Crippen LogP contribution is 2.37. The number of carbonyl (C=O) groups excluding carboxylic acids is 1. The van der Waals surface area contributed by atoms with E-state index in [1.54, 1.807) is 30.3 Å². The van der Waals surface area contributed by atoms with Gasteiger partial charge in [0.05, 0.1) is 11.3 Å². The number of rotatable bonds is 4. The Bertz CT molecular complexity index is 938. The summed E-state index contributed by atoms with van der Waals surface area (Å²) in [4.78, 5) is 12.3. The summed E-state index contributed by atoms with van der Waals surface area (Å²) in [6.07, 6.45) is -4.58. The van der Waals surface area contributed by atoms with Crippen LogP contribution in [0.5, 0.6) is 11.5 Å². The molecule has 0 aliphatic rings. The fourth-order valence-electron chi connectivity index (χ4n) is 2.30. The monoisotopic (exact) mass is 375 g/mol. The minimum atomic E-state index is -4.58. The van der Waals surface area contributed by atoms with Gasteiger partial charge >= 0.3 is 6.18 Å². The van der Waals surface area contributed by atoms with E-state index in [4.69, 9.17) is 4.74 Å². The lowest BCUT2D eigenvalue weighted by Crippen LogP contribution is -2.14. The maximum atomic E-state index is 13.0. The molecule has 7 heteroatoms. The third-order valence-corrected chi connectivity index (χ3v) is 3.63. The van der Waals surface area contributed by atoms with Crippen LogP contribution in [-0.4, -0.2) is 5.91 Å². The molecule has 0 aliphatic heterocycles. The van der Waals surface area contributed by atoms with E-state index in [1.807, 2.05) is 0 Å². The van der Waals surface area contributed by atoms with Crippen molar-refractivity contribution in [1.29, 1.82) is 0 Å². The number of carbonyl (C=O) groups is 1. The molecule has 0 saturated heterocycles. The van der Waals surface area contributed by atoms with Gasteiger partial charge in [-0.1, -0.05) is 18.2 Å². The third kappa shape index (κ3) is 4.63. The molecule has 27 heavy (non-hydrogen) atoms. The number of alkyl halides is 3. The maximum absolute atomic E-state index is 13.0. The van der Waals surface area contributed by atoms with E-state index in [-0.39, 0.29) is 17.0 Å². The molecular weight excluding hydrogens is 362 g/mol. The molecule has 0 unspecified atom stereocenters. The highest BCUT2D eigenvalue weighted by Gasteiger charge is 2.31. The number of halogens is 4. The van der Waals surface area contributed by atoms with Crippen LogP contribution in [0.1, 0.15) is 15.9 Å². The number of hydrogen-bond acceptors (Lipinski definition) is 2. The summed E-state index contributed by atoms with van der Waals surface area (Å²) < 4.78 is 57.7. The second-order valence-electron chi connectivity index (χ2n) is 5.58. The summed E-state index contributed by atoms with van der Waals surface area (Å²) in [5, 5.41) is 2.39. The van der Waals surface area contributed by atoms with Crippen molar-refractivity contribution in [3.8, 4) is 11.5 Å². The number of benzene rings is 3. The summed E-state index contributed by atoms with van der Waals surface area (Å²) in [5.74, 6) is -0.773. The molecule has 0 atom stereocenters. The van der Waals surface area contributed by atoms with Crippen LogP contribution >= 0.6 is 0 Å². The number of para-hydroxylation sites is 1. The van der Waals surface area contributed by atoms with Crippen molar-refractivity contribution in [2.75, 3.05) is 5.32 Å². The van der Waals surface area contributed by atoms with E-state index >= 15 is 0 Å². The molecule has 3 nitrogen and oxygen atoms in total. The molecule has 3 aromatic carbocycles. The molecule has 0 heterocycles. The number of hydrogen-bond donors (Lipinski definition) is 1. The summed E-state index contributed by atoms with van der Waals surface area (Å²) >= 11 is 0. The van der Waals surface area contributed by atoms with Gasteiger partial charge in [-0.05, 0) is 54.6 Å². The summed E-state index contributed by atoms with van der Waals surface area (Å²) in [6, 6.07) is 15.9. The number of anilines is 1. The van der Waals surface area contributed by atoms with Crippen molar-refractivity contribution in [3.63, 3.8) is 0 Å². The lowest BCUT2D eigenvalue weighted by molar-refractivity contribution is -0.137. The van der Waals surface area contributed by atoms with Crippen molar-refractivity contribution in [2.24, 2.45) is 0 Å². The predicted molar refractivity (Wildman–Crippen MR) is 92.3 cm³/mol. The maximum Gasteiger partial charge on any atom is 0.416 e. The Kier molecular flexibility index (Phi) is 5.12. The van der Waals surface area contributed by atoms with Gasteiger partial charge in [-0.25, -0.2) is 4.39 Å². The molecule has 3 rings (SSSR count). The van der Waals surface area contributed by atoms with Crippen LogP contribution in [0.3, 0.4) is 0 Å². The lowest BCUT2D eigenvalue weighted by atomic mass is 10.1. The predicted octanol–water partition coefficient (Wildman–Crippen LogP) is 5.89. The Labute approximate surface area is 152 Å². The Morgan fingerprint density at radius 2 is 1.56 bits per heavy atom. The van der Waals surface area contributed by atoms with E-state index in [0.717, 1.165) is 30.3 Å². The first-order valence-electron chi connectivity index (χ1n) is 7.84. The fourth-order valence-corrected chi connectivity index (χ4v) is 2.30. The molecule has 0 radical (unpaired) electrons. The number of nitrogens with one attached hydrogen (secondary N) is 1. The zero-order valence-electron chi connectivity index (χ0n) is 13.8. The Hall–Kier alpha value is -3.35. The van der Waals surface area contributed by atoms with Crippen LogP contribution in [0.4, 0.5) is 23.2 Å². The third-order valence-electron chi connectivity index (χ3n) is 3.63. The van der Waals surface area contributed by atoms with Crippen molar-refractivity contribution in [3.05, 3.63) is 89.7 Å². The molecule has 0 aromatic heterocycles. The number of ether oxygens (including phenoxy) is 1. The molecule has 138 valence electrons. The highest BCUT2D eigenvalue weighted by molar-refractivity contribution is 6.05. The standard InChI is InChI=1S/C20H13F4NO2/c21-15-9-6-13(7-10-15)19(26)25-17-12-14(20(22,23)24)8-11-18(17)27-16-4-2-1-3-5-16/h1-12H,(H,25,26). The van der Waals surface area contributed by atoms with Gasteiger partial charge in [-0.2, -0.15) is 13.2 Å². The van der Waals surface area contributed by atoms with Crippen LogP contribution in [-0.2, 0) is 6.18 Å². The zero-order chi connectivity index (χ0) is 19.4. The van der Waals surface area contributed by atoms with E-state index < -0.39 is 23.5 Å². The number of amides is 1. The lowest BCUT2D eigenvalue weighted by Gasteiger charge is -2.15. The van der Waals surface area contributed by atoms with Crippen LogP contribution in [0.15, 0.2) is 72.8 Å². The van der Waals surface area contributed by atoms with Crippen molar-refractivity contribution < 1.29 is 27.1 Å². The minimum absolute atomic E-state index is 0.0460. The van der Waals surface area contributed by atoms with E-state index in [1.165, 1.54) is 12.1 Å². The van der Waals surface area contributed by atoms with Crippen molar-refractivity contribution >= 4 is 11.6 Å². The molecule has 0 aliphatic carbocycles. The van der Waals surface area contributed by atoms with Crippen LogP contribution in [0.2, 0.25) is 0 Å². The van der Waals surface area contributed by atoms with Gasteiger partial charge in [0.25, 0.3) is 5.91 Å². The van der Waals surface area contributed by atoms with Gasteiger partial charge in [0.1, 0.15) is 11.6 Å². The first-order valence-corrected chi connectivity index (χ1v) is 7.84. The van der Waals surface area contributed by atoms with Gasteiger partial charge in [0.2, 0.25) is 0 Å². The van der Waals surface area contributed by atoms with E-state index in [9.17, 15) is 22.4 Å². The smallest absolute Gasteiger partial charge is 0.416 e. The second-order valence-corrected chi connectivity index (χ2v) is 5.58. The van der Waals surface area contributed by atoms with Gasteiger partial charge in [-0.3, -0.25) is 4.79 Å². The van der Waals surface area contributed by atoms with Crippen molar-refractivity contribution in [2.45, 2.75) is 6.18 Å².